The Labute approximate surface area is 72.9 Å². The van der Waals surface area contributed by atoms with Crippen molar-refractivity contribution >= 4 is 11.6 Å². The van der Waals surface area contributed by atoms with E-state index in [1.807, 2.05) is 0 Å². The molecular weight excluding hydrogens is 196 g/mol. The van der Waals surface area contributed by atoms with Gasteiger partial charge < -0.3 is 0 Å². The van der Waals surface area contributed by atoms with Crippen molar-refractivity contribution in [2.45, 2.75) is 31.6 Å². The molecule has 1 rings (SSSR count). The van der Waals surface area contributed by atoms with Gasteiger partial charge in [0.15, 0.2) is 0 Å². The van der Waals surface area contributed by atoms with Crippen LogP contribution < -0.4 is 0 Å². The second kappa shape index (κ2) is 3.05. The summed E-state index contributed by atoms with van der Waals surface area (Å²) in [5, 5.41) is 0. The quantitative estimate of drug-likeness (QED) is 0.487. The van der Waals surface area contributed by atoms with Gasteiger partial charge >= 0.3 is 12.3 Å². The summed E-state index contributed by atoms with van der Waals surface area (Å²) in [6.45, 7) is 0. The number of alkyl halides is 5. The van der Waals surface area contributed by atoms with Crippen molar-refractivity contribution in [3.63, 3.8) is 0 Å². The van der Waals surface area contributed by atoms with Crippen molar-refractivity contribution in [2.75, 3.05) is 5.88 Å². The Morgan fingerprint density at radius 1 is 1.33 bits per heavy atom. The highest BCUT2D eigenvalue weighted by atomic mass is 35.5. The lowest BCUT2D eigenvalue weighted by Gasteiger charge is -2.20. The van der Waals surface area contributed by atoms with E-state index in [0.717, 1.165) is 0 Å². The van der Waals surface area contributed by atoms with Crippen LogP contribution in [0.3, 0.4) is 0 Å². The maximum Gasteiger partial charge on any atom is 0.308 e. The highest BCUT2D eigenvalue weighted by Crippen LogP contribution is 2.54. The topological polar surface area (TPSA) is 0 Å². The lowest BCUT2D eigenvalue weighted by atomic mass is 10.0. The highest BCUT2D eigenvalue weighted by molar-refractivity contribution is 6.18. The van der Waals surface area contributed by atoms with E-state index in [0.29, 0.717) is 12.8 Å². The van der Waals surface area contributed by atoms with Gasteiger partial charge in [-0.05, 0) is 18.3 Å². The second-order valence-corrected chi connectivity index (χ2v) is 3.64. The minimum absolute atomic E-state index is 0.0509. The molecule has 0 aromatic heterocycles. The van der Waals surface area contributed by atoms with Gasteiger partial charge in [-0.15, -0.1) is 11.6 Å². The Morgan fingerprint density at radius 2 is 1.83 bits per heavy atom. The first-order valence-corrected chi connectivity index (χ1v) is 4.17. The Hall–Kier alpha value is 0.01000. The molecule has 72 valence electrons. The SMILES string of the molecule is FC(F)C(F)(F)CC1(CCl)CC1. The van der Waals surface area contributed by atoms with Gasteiger partial charge in [-0.3, -0.25) is 0 Å². The van der Waals surface area contributed by atoms with Crippen molar-refractivity contribution in [3.8, 4) is 0 Å². The summed E-state index contributed by atoms with van der Waals surface area (Å²) in [7, 11) is 0. The summed E-state index contributed by atoms with van der Waals surface area (Å²) in [5.41, 5.74) is -0.707. The summed E-state index contributed by atoms with van der Waals surface area (Å²) in [6.07, 6.45) is -3.27. The van der Waals surface area contributed by atoms with Crippen LogP contribution in [0.15, 0.2) is 0 Å². The molecule has 0 radical (unpaired) electrons. The molecule has 0 spiro atoms. The van der Waals surface area contributed by atoms with E-state index >= 15 is 0 Å². The molecule has 0 heterocycles. The van der Waals surface area contributed by atoms with Crippen molar-refractivity contribution in [1.82, 2.24) is 0 Å². The minimum Gasteiger partial charge on any atom is -0.204 e. The van der Waals surface area contributed by atoms with Crippen molar-refractivity contribution < 1.29 is 17.6 Å². The molecule has 5 heteroatoms. The molecule has 0 N–H and O–H groups in total. The van der Waals surface area contributed by atoms with Gasteiger partial charge in [0, 0.05) is 12.3 Å². The molecule has 1 aliphatic rings. The largest absolute Gasteiger partial charge is 0.308 e. The molecule has 0 atom stereocenters. The molecule has 1 fully saturated rings. The summed E-state index contributed by atoms with van der Waals surface area (Å²) >= 11 is 5.39. The average molecular weight is 205 g/mol. The van der Waals surface area contributed by atoms with Crippen molar-refractivity contribution in [2.24, 2.45) is 5.41 Å². The van der Waals surface area contributed by atoms with Crippen LogP contribution in [-0.2, 0) is 0 Å². The summed E-state index contributed by atoms with van der Waals surface area (Å²) in [5.74, 6) is -3.82. The van der Waals surface area contributed by atoms with Crippen LogP contribution in [0.2, 0.25) is 0 Å². The normalized spacial score (nSPS) is 21.5. The predicted octanol–water partition coefficient (Wildman–Crippen LogP) is 3.30. The summed E-state index contributed by atoms with van der Waals surface area (Å²) in [6, 6.07) is 0. The fourth-order valence-electron chi connectivity index (χ4n) is 1.11. The second-order valence-electron chi connectivity index (χ2n) is 3.37. The zero-order chi connectivity index (χ0) is 9.41. The lowest BCUT2D eigenvalue weighted by molar-refractivity contribution is -0.141. The van der Waals surface area contributed by atoms with Crippen LogP contribution in [0, 0.1) is 5.41 Å². The third-order valence-corrected chi connectivity index (χ3v) is 2.74. The van der Waals surface area contributed by atoms with Crippen LogP contribution >= 0.6 is 11.6 Å². The molecule has 0 aliphatic heterocycles. The van der Waals surface area contributed by atoms with E-state index < -0.39 is 24.2 Å². The first-order valence-electron chi connectivity index (χ1n) is 3.64. The van der Waals surface area contributed by atoms with Gasteiger partial charge in [0.2, 0.25) is 0 Å². The van der Waals surface area contributed by atoms with Crippen LogP contribution in [-0.4, -0.2) is 18.2 Å². The summed E-state index contributed by atoms with van der Waals surface area (Å²) in [4.78, 5) is 0. The number of halogens is 5. The maximum atomic E-state index is 12.5. The first kappa shape index (κ1) is 10.1. The molecule has 0 amide bonds. The Balaban J connectivity index is 2.49. The Bertz CT molecular complexity index is 165. The third kappa shape index (κ3) is 2.03. The molecule has 0 aromatic rings. The van der Waals surface area contributed by atoms with E-state index in [4.69, 9.17) is 11.6 Å². The first-order chi connectivity index (χ1) is 5.42. The monoisotopic (exact) mass is 204 g/mol. The Kier molecular flexibility index (Phi) is 2.57. The molecule has 0 saturated heterocycles. The lowest BCUT2D eigenvalue weighted by Crippen LogP contribution is -2.30. The molecule has 0 nitrogen and oxygen atoms in total. The smallest absolute Gasteiger partial charge is 0.204 e. The highest BCUT2D eigenvalue weighted by Gasteiger charge is 2.53. The van der Waals surface area contributed by atoms with E-state index in [1.54, 1.807) is 0 Å². The molecule has 0 unspecified atom stereocenters. The zero-order valence-electron chi connectivity index (χ0n) is 6.30. The van der Waals surface area contributed by atoms with Gasteiger partial charge in [-0.2, -0.15) is 0 Å². The van der Waals surface area contributed by atoms with Crippen LogP contribution in [0.1, 0.15) is 19.3 Å². The van der Waals surface area contributed by atoms with Crippen LogP contribution in [0.4, 0.5) is 17.6 Å². The molecule has 12 heavy (non-hydrogen) atoms. The van der Waals surface area contributed by atoms with Crippen molar-refractivity contribution in [1.29, 1.82) is 0 Å². The fourth-order valence-corrected chi connectivity index (χ4v) is 1.47. The standard InChI is InChI=1S/C7H9ClF4/c8-4-6(1-2-6)3-7(11,12)5(9)10/h5H,1-4H2. The molecule has 1 saturated carbocycles. The maximum absolute atomic E-state index is 12.5. The molecule has 0 bridgehead atoms. The molecule has 1 aliphatic carbocycles. The number of rotatable bonds is 4. The van der Waals surface area contributed by atoms with E-state index in [-0.39, 0.29) is 5.88 Å². The van der Waals surface area contributed by atoms with Gasteiger partial charge in [0.1, 0.15) is 0 Å². The van der Waals surface area contributed by atoms with Gasteiger partial charge in [0.25, 0.3) is 0 Å². The van der Waals surface area contributed by atoms with Gasteiger partial charge in [0.05, 0.1) is 0 Å². The minimum atomic E-state index is -3.87. The zero-order valence-corrected chi connectivity index (χ0v) is 7.05. The number of hydrogen-bond donors (Lipinski definition) is 0. The molecular formula is C7H9ClF4. The summed E-state index contributed by atoms with van der Waals surface area (Å²) < 4.78 is 48.3. The van der Waals surface area contributed by atoms with Crippen LogP contribution in [0.25, 0.3) is 0 Å². The van der Waals surface area contributed by atoms with E-state index in [1.165, 1.54) is 0 Å². The van der Waals surface area contributed by atoms with Crippen molar-refractivity contribution in [3.05, 3.63) is 0 Å². The van der Waals surface area contributed by atoms with Gasteiger partial charge in [-0.25, -0.2) is 17.6 Å². The molecule has 0 aromatic carbocycles. The van der Waals surface area contributed by atoms with E-state index in [9.17, 15) is 17.6 Å². The van der Waals surface area contributed by atoms with E-state index in [2.05, 4.69) is 0 Å². The number of hydrogen-bond acceptors (Lipinski definition) is 0. The third-order valence-electron chi connectivity index (χ3n) is 2.17. The van der Waals surface area contributed by atoms with Gasteiger partial charge in [-0.1, -0.05) is 0 Å². The Morgan fingerprint density at radius 3 is 2.08 bits per heavy atom. The average Bonchev–Trinajstić information content (AvgIpc) is 2.68. The predicted molar refractivity (Wildman–Crippen MR) is 38.0 cm³/mol. The van der Waals surface area contributed by atoms with Crippen LogP contribution in [0.5, 0.6) is 0 Å². The fraction of sp³-hybridized carbons (Fsp3) is 1.00.